The van der Waals surface area contributed by atoms with Crippen LogP contribution in [0.4, 0.5) is 0 Å². The molecule has 0 amide bonds. The Morgan fingerprint density at radius 3 is 2.59 bits per heavy atom. The molecule has 1 saturated heterocycles. The summed E-state index contributed by atoms with van der Waals surface area (Å²) in [5.41, 5.74) is 0. The van der Waals surface area contributed by atoms with Crippen LogP contribution in [0, 0.1) is 5.92 Å². The normalized spacial score (nSPS) is 28.3. The van der Waals surface area contributed by atoms with E-state index in [4.69, 9.17) is 9.84 Å². The molecule has 17 heavy (non-hydrogen) atoms. The fraction of sp³-hybridized carbons (Fsp3) is 0.917. The largest absolute Gasteiger partial charge is 0.481 e. The van der Waals surface area contributed by atoms with Gasteiger partial charge in [0.25, 0.3) is 0 Å². The first-order valence-corrected chi connectivity index (χ1v) is 6.23. The van der Waals surface area contributed by atoms with Crippen LogP contribution in [0.5, 0.6) is 0 Å². The first kappa shape index (κ1) is 14.4. The van der Waals surface area contributed by atoms with Crippen LogP contribution in [0.15, 0.2) is 0 Å². The Bertz CT molecular complexity index is 257. The van der Waals surface area contributed by atoms with Gasteiger partial charge in [0.15, 0.2) is 0 Å². The third-order valence-corrected chi connectivity index (χ3v) is 3.50. The Morgan fingerprint density at radius 1 is 1.47 bits per heavy atom. The molecule has 5 nitrogen and oxygen atoms in total. The summed E-state index contributed by atoms with van der Waals surface area (Å²) >= 11 is 0. The quantitative estimate of drug-likeness (QED) is 0.716. The highest BCUT2D eigenvalue weighted by Gasteiger charge is 2.39. The first-order valence-electron chi connectivity index (χ1n) is 6.23. The van der Waals surface area contributed by atoms with Gasteiger partial charge in [-0.1, -0.05) is 6.92 Å². The van der Waals surface area contributed by atoms with Crippen LogP contribution >= 0.6 is 0 Å². The number of carbonyl (C=O) groups is 1. The third kappa shape index (κ3) is 3.40. The molecular formula is C12H23NO4. The molecule has 5 heteroatoms. The molecule has 0 aliphatic carbocycles. The molecule has 100 valence electrons. The monoisotopic (exact) mass is 245 g/mol. The minimum atomic E-state index is -0.814. The number of ether oxygens (including phenoxy) is 1. The van der Waals surface area contributed by atoms with E-state index < -0.39 is 18.0 Å². The van der Waals surface area contributed by atoms with Gasteiger partial charge in [-0.15, -0.1) is 0 Å². The Kier molecular flexibility index (Phi) is 5.36. The maximum atomic E-state index is 11.1. The smallest absolute Gasteiger partial charge is 0.310 e. The van der Waals surface area contributed by atoms with Gasteiger partial charge in [-0.3, -0.25) is 9.69 Å². The number of carboxylic acid groups (broad SMARTS) is 1. The lowest BCUT2D eigenvalue weighted by molar-refractivity contribution is -0.143. The van der Waals surface area contributed by atoms with E-state index in [1.54, 1.807) is 6.92 Å². The maximum Gasteiger partial charge on any atom is 0.310 e. The summed E-state index contributed by atoms with van der Waals surface area (Å²) < 4.78 is 5.28. The van der Waals surface area contributed by atoms with Crippen LogP contribution in [0.2, 0.25) is 0 Å². The van der Waals surface area contributed by atoms with Gasteiger partial charge in [0, 0.05) is 12.1 Å². The van der Waals surface area contributed by atoms with Crippen LogP contribution < -0.4 is 0 Å². The summed E-state index contributed by atoms with van der Waals surface area (Å²) in [6.07, 6.45) is 0.455. The number of rotatable bonds is 6. The van der Waals surface area contributed by atoms with Gasteiger partial charge in [-0.25, -0.2) is 0 Å². The van der Waals surface area contributed by atoms with Crippen molar-refractivity contribution >= 4 is 5.97 Å². The van der Waals surface area contributed by atoms with Gasteiger partial charge in [-0.2, -0.15) is 0 Å². The molecule has 0 aromatic rings. The van der Waals surface area contributed by atoms with E-state index >= 15 is 0 Å². The topological polar surface area (TPSA) is 70.0 Å². The van der Waals surface area contributed by atoms with E-state index in [1.807, 2.05) is 13.8 Å². The Balaban J connectivity index is 2.78. The Morgan fingerprint density at radius 2 is 2.12 bits per heavy atom. The number of aliphatic carboxylic acids is 1. The molecule has 0 saturated carbocycles. The van der Waals surface area contributed by atoms with E-state index in [0.29, 0.717) is 6.61 Å². The van der Waals surface area contributed by atoms with Gasteiger partial charge < -0.3 is 14.9 Å². The van der Waals surface area contributed by atoms with Crippen molar-refractivity contribution in [3.05, 3.63) is 0 Å². The molecule has 0 aromatic carbocycles. The fourth-order valence-corrected chi connectivity index (χ4v) is 2.31. The summed E-state index contributed by atoms with van der Waals surface area (Å²) in [4.78, 5) is 13.2. The summed E-state index contributed by atoms with van der Waals surface area (Å²) in [5, 5.41) is 18.8. The van der Waals surface area contributed by atoms with Crippen molar-refractivity contribution in [2.45, 2.75) is 45.4 Å². The van der Waals surface area contributed by atoms with Crippen molar-refractivity contribution in [3.8, 4) is 0 Å². The molecule has 1 fully saturated rings. The zero-order valence-corrected chi connectivity index (χ0v) is 10.8. The SMILES string of the molecule is CCCN(C(C)C(C)O)C1COCC1C(=O)O. The minimum absolute atomic E-state index is 0.0523. The van der Waals surface area contributed by atoms with Crippen molar-refractivity contribution in [1.82, 2.24) is 4.90 Å². The fourth-order valence-electron chi connectivity index (χ4n) is 2.31. The molecule has 1 aliphatic heterocycles. The molecule has 4 atom stereocenters. The van der Waals surface area contributed by atoms with Crippen LogP contribution in [0.1, 0.15) is 27.2 Å². The Labute approximate surface area is 102 Å². The van der Waals surface area contributed by atoms with Gasteiger partial charge in [-0.05, 0) is 26.8 Å². The summed E-state index contributed by atoms with van der Waals surface area (Å²) in [6, 6.07) is -0.180. The summed E-state index contributed by atoms with van der Waals surface area (Å²) in [7, 11) is 0. The zero-order valence-electron chi connectivity index (χ0n) is 10.8. The molecule has 1 aliphatic rings. The average Bonchev–Trinajstić information content (AvgIpc) is 2.73. The number of carboxylic acids is 1. The number of nitrogens with zero attached hydrogens (tertiary/aromatic N) is 1. The molecule has 1 rings (SSSR count). The highest BCUT2D eigenvalue weighted by atomic mass is 16.5. The molecule has 0 bridgehead atoms. The lowest BCUT2D eigenvalue weighted by Crippen LogP contribution is -2.51. The number of hydrogen-bond acceptors (Lipinski definition) is 4. The van der Waals surface area contributed by atoms with Crippen LogP contribution in [-0.2, 0) is 9.53 Å². The lowest BCUT2D eigenvalue weighted by atomic mass is 9.99. The second-order valence-corrected chi connectivity index (χ2v) is 4.77. The summed E-state index contributed by atoms with van der Waals surface area (Å²) in [6.45, 7) is 7.20. The van der Waals surface area contributed by atoms with E-state index in [-0.39, 0.29) is 18.7 Å². The van der Waals surface area contributed by atoms with Crippen molar-refractivity contribution in [3.63, 3.8) is 0 Å². The molecule has 1 heterocycles. The maximum absolute atomic E-state index is 11.1. The predicted molar refractivity (Wildman–Crippen MR) is 63.9 cm³/mol. The van der Waals surface area contributed by atoms with E-state index in [0.717, 1.165) is 13.0 Å². The summed E-state index contributed by atoms with van der Waals surface area (Å²) in [5.74, 6) is -1.30. The molecule has 4 unspecified atom stereocenters. The van der Waals surface area contributed by atoms with Crippen LogP contribution in [-0.4, -0.2) is 59.0 Å². The molecule has 0 spiro atoms. The van der Waals surface area contributed by atoms with Crippen LogP contribution in [0.3, 0.4) is 0 Å². The second-order valence-electron chi connectivity index (χ2n) is 4.77. The molecule has 0 radical (unpaired) electrons. The van der Waals surface area contributed by atoms with E-state index in [1.165, 1.54) is 0 Å². The van der Waals surface area contributed by atoms with Crippen molar-refractivity contribution in [2.75, 3.05) is 19.8 Å². The zero-order chi connectivity index (χ0) is 13.0. The number of hydrogen-bond donors (Lipinski definition) is 2. The van der Waals surface area contributed by atoms with Crippen molar-refractivity contribution in [2.24, 2.45) is 5.92 Å². The first-order chi connectivity index (χ1) is 7.99. The van der Waals surface area contributed by atoms with Gasteiger partial charge in [0.05, 0.1) is 25.2 Å². The van der Waals surface area contributed by atoms with E-state index in [2.05, 4.69) is 4.90 Å². The lowest BCUT2D eigenvalue weighted by Gasteiger charge is -2.36. The van der Waals surface area contributed by atoms with Gasteiger partial charge in [0.2, 0.25) is 0 Å². The minimum Gasteiger partial charge on any atom is -0.481 e. The predicted octanol–water partition coefficient (Wildman–Crippen LogP) is 0.567. The standard InChI is InChI=1S/C12H23NO4/c1-4-5-13(8(2)9(3)14)11-7-17-6-10(11)12(15)16/h8-11,14H,4-7H2,1-3H3,(H,15,16). The molecule has 0 aromatic heterocycles. The molecular weight excluding hydrogens is 222 g/mol. The third-order valence-electron chi connectivity index (χ3n) is 3.50. The highest BCUT2D eigenvalue weighted by Crippen LogP contribution is 2.23. The van der Waals surface area contributed by atoms with Crippen LogP contribution in [0.25, 0.3) is 0 Å². The van der Waals surface area contributed by atoms with Crippen molar-refractivity contribution in [1.29, 1.82) is 0 Å². The van der Waals surface area contributed by atoms with Gasteiger partial charge in [0.1, 0.15) is 0 Å². The van der Waals surface area contributed by atoms with E-state index in [9.17, 15) is 9.90 Å². The number of aliphatic hydroxyl groups excluding tert-OH is 1. The average molecular weight is 245 g/mol. The van der Waals surface area contributed by atoms with Crippen molar-refractivity contribution < 1.29 is 19.7 Å². The Hall–Kier alpha value is -0.650. The molecule has 2 N–H and O–H groups in total. The number of aliphatic hydroxyl groups is 1. The second kappa shape index (κ2) is 6.33. The highest BCUT2D eigenvalue weighted by molar-refractivity contribution is 5.71. The van der Waals surface area contributed by atoms with Gasteiger partial charge >= 0.3 is 5.97 Å².